The Labute approximate surface area is 225 Å². The van der Waals surface area contributed by atoms with Crippen LogP contribution in [0.5, 0.6) is 0 Å². The number of hydrogen-bond donors (Lipinski definition) is 0. The van der Waals surface area contributed by atoms with Gasteiger partial charge in [0.25, 0.3) is 0 Å². The van der Waals surface area contributed by atoms with Crippen molar-refractivity contribution in [1.82, 2.24) is 0 Å². The van der Waals surface area contributed by atoms with Gasteiger partial charge < -0.3 is 0 Å². The molecule has 2 aliphatic rings. The summed E-state index contributed by atoms with van der Waals surface area (Å²) in [6, 6.07) is 19.8. The summed E-state index contributed by atoms with van der Waals surface area (Å²) in [5.41, 5.74) is 7.37. The second-order valence-corrected chi connectivity index (χ2v) is 11.5. The molecular weight excluding hydrogens is 446 g/mol. The minimum Gasteiger partial charge on any atom is -0.289 e. The van der Waals surface area contributed by atoms with Gasteiger partial charge in [-0.1, -0.05) is 144 Å². The van der Waals surface area contributed by atoms with Crippen molar-refractivity contribution >= 4 is 11.3 Å². The van der Waals surface area contributed by atoms with Gasteiger partial charge in [-0.2, -0.15) is 0 Å². The molecule has 0 bridgehead atoms. The van der Waals surface area contributed by atoms with Crippen molar-refractivity contribution in [3.8, 4) is 0 Å². The third-order valence-electron chi connectivity index (χ3n) is 8.55. The van der Waals surface area contributed by atoms with Crippen molar-refractivity contribution in [2.24, 2.45) is 16.8 Å². The van der Waals surface area contributed by atoms with Crippen LogP contribution in [0, 0.1) is 11.8 Å². The van der Waals surface area contributed by atoms with E-state index in [1.54, 1.807) is 0 Å². The zero-order chi connectivity index (χ0) is 26.1. The van der Waals surface area contributed by atoms with Gasteiger partial charge in [-0.05, 0) is 53.9 Å². The first-order chi connectivity index (χ1) is 17.9. The lowest BCUT2D eigenvalue weighted by atomic mass is 9.77. The maximum Gasteiger partial charge on any atom is 0.0430 e. The first kappa shape index (κ1) is 27.1. The Morgan fingerprint density at radius 2 is 1.57 bits per heavy atom. The number of aliphatic imine (C=N–C) groups is 1. The number of allylic oxidation sites excluding steroid dienone is 5. The van der Waals surface area contributed by atoms with Gasteiger partial charge in [-0.25, -0.2) is 0 Å². The summed E-state index contributed by atoms with van der Waals surface area (Å²) in [5, 5.41) is 0. The first-order valence-corrected chi connectivity index (χ1v) is 14.3. The second-order valence-electron chi connectivity index (χ2n) is 11.5. The Balaban J connectivity index is 1.46. The molecule has 0 aromatic heterocycles. The zero-order valence-corrected chi connectivity index (χ0v) is 23.1. The molecule has 1 fully saturated rings. The highest BCUT2D eigenvalue weighted by Crippen LogP contribution is 2.33. The highest BCUT2D eigenvalue weighted by molar-refractivity contribution is 6.23. The van der Waals surface area contributed by atoms with E-state index in [9.17, 15) is 0 Å². The average molecular weight is 492 g/mol. The van der Waals surface area contributed by atoms with E-state index in [2.05, 4.69) is 106 Å². The van der Waals surface area contributed by atoms with E-state index in [0.717, 1.165) is 37.3 Å². The molecule has 1 unspecified atom stereocenters. The van der Waals surface area contributed by atoms with Crippen LogP contribution >= 0.6 is 0 Å². The maximum absolute atomic E-state index is 5.15. The first-order valence-electron chi connectivity index (χ1n) is 14.3. The fourth-order valence-corrected chi connectivity index (χ4v) is 5.82. The van der Waals surface area contributed by atoms with Crippen LogP contribution in [-0.4, -0.2) is 12.3 Å². The standard InChI is InChI=1S/C36H45N/c1-28(31-16-10-6-11-17-31)26-27-37-35(25-20-30-14-8-5-9-15-30)29(2)32-21-23-34(24-22-32)36(3,4)33-18-12-7-13-19-33/h6-7,10-13,16,18-19,21-24,30-31H,1-2,5,8-9,14-15,17,20,25-27H2,3-4H3. The quantitative estimate of drug-likeness (QED) is 0.219. The van der Waals surface area contributed by atoms with Crippen LogP contribution < -0.4 is 0 Å². The molecule has 4 rings (SSSR count). The summed E-state index contributed by atoms with van der Waals surface area (Å²) in [6.07, 6.45) is 20.0. The Hall–Kier alpha value is -2.93. The monoisotopic (exact) mass is 491 g/mol. The lowest BCUT2D eigenvalue weighted by Gasteiger charge is -2.26. The lowest BCUT2D eigenvalue weighted by molar-refractivity contribution is 0.343. The van der Waals surface area contributed by atoms with Gasteiger partial charge in [-0.3, -0.25) is 4.99 Å². The van der Waals surface area contributed by atoms with E-state index in [-0.39, 0.29) is 5.41 Å². The second kappa shape index (κ2) is 13.0. The van der Waals surface area contributed by atoms with Crippen LogP contribution in [0.1, 0.15) is 88.3 Å². The Morgan fingerprint density at radius 3 is 2.24 bits per heavy atom. The molecule has 1 nitrogen and oxygen atoms in total. The van der Waals surface area contributed by atoms with Crippen LogP contribution in [0.15, 0.2) is 103 Å². The third kappa shape index (κ3) is 7.31. The average Bonchev–Trinajstić information content (AvgIpc) is 2.96. The fraction of sp³-hybridized carbons (Fsp3) is 0.417. The molecule has 0 amide bonds. The topological polar surface area (TPSA) is 12.4 Å². The van der Waals surface area contributed by atoms with Crippen molar-refractivity contribution in [2.75, 3.05) is 6.54 Å². The molecule has 0 radical (unpaired) electrons. The molecule has 37 heavy (non-hydrogen) atoms. The third-order valence-corrected chi connectivity index (χ3v) is 8.55. The molecule has 1 heteroatoms. The van der Waals surface area contributed by atoms with Crippen LogP contribution in [0.25, 0.3) is 5.57 Å². The maximum atomic E-state index is 5.15. The number of hydrogen-bond acceptors (Lipinski definition) is 1. The number of rotatable bonds is 11. The highest BCUT2D eigenvalue weighted by atomic mass is 14.7. The molecule has 2 aromatic carbocycles. The minimum absolute atomic E-state index is 0.0395. The molecule has 0 heterocycles. The van der Waals surface area contributed by atoms with E-state index < -0.39 is 0 Å². The molecular formula is C36H45N. The van der Waals surface area contributed by atoms with Crippen LogP contribution in [0.2, 0.25) is 0 Å². The summed E-state index contributed by atoms with van der Waals surface area (Å²) in [7, 11) is 0. The Bertz CT molecular complexity index is 1120. The number of nitrogens with zero attached hydrogens (tertiary/aromatic N) is 1. The molecule has 2 aromatic rings. The Kier molecular flexibility index (Phi) is 9.56. The van der Waals surface area contributed by atoms with E-state index in [1.807, 2.05) is 0 Å². The normalized spacial score (nSPS) is 18.6. The fourth-order valence-electron chi connectivity index (χ4n) is 5.82. The van der Waals surface area contributed by atoms with Gasteiger partial charge in [0.1, 0.15) is 0 Å². The van der Waals surface area contributed by atoms with Crippen molar-refractivity contribution in [2.45, 2.75) is 77.0 Å². The zero-order valence-electron chi connectivity index (χ0n) is 23.1. The van der Waals surface area contributed by atoms with Gasteiger partial charge in [0.05, 0.1) is 0 Å². The summed E-state index contributed by atoms with van der Waals surface area (Å²) in [6.45, 7) is 14.3. The highest BCUT2D eigenvalue weighted by Gasteiger charge is 2.23. The van der Waals surface area contributed by atoms with Crippen molar-refractivity contribution in [3.63, 3.8) is 0 Å². The minimum atomic E-state index is -0.0395. The van der Waals surface area contributed by atoms with E-state index in [4.69, 9.17) is 4.99 Å². The molecule has 0 aliphatic heterocycles. The van der Waals surface area contributed by atoms with Crippen molar-refractivity contribution in [3.05, 3.63) is 114 Å². The van der Waals surface area contributed by atoms with Crippen LogP contribution in [0.4, 0.5) is 0 Å². The van der Waals surface area contributed by atoms with Gasteiger partial charge >= 0.3 is 0 Å². The SMILES string of the molecule is C=C(C(CCC1CCCCC1)=NCCC(=C)C1C=CC=CC1)c1ccc(C(C)(C)c2ccccc2)cc1. The molecule has 0 N–H and O–H groups in total. The summed E-state index contributed by atoms with van der Waals surface area (Å²) < 4.78 is 0. The summed E-state index contributed by atoms with van der Waals surface area (Å²) in [5.74, 6) is 1.30. The van der Waals surface area contributed by atoms with Crippen molar-refractivity contribution in [1.29, 1.82) is 0 Å². The van der Waals surface area contributed by atoms with Crippen molar-refractivity contribution < 1.29 is 0 Å². The number of benzene rings is 2. The molecule has 0 saturated heterocycles. The van der Waals surface area contributed by atoms with E-state index >= 15 is 0 Å². The molecule has 1 saturated carbocycles. The molecule has 0 spiro atoms. The van der Waals surface area contributed by atoms with E-state index in [0.29, 0.717) is 5.92 Å². The predicted octanol–water partition coefficient (Wildman–Crippen LogP) is 9.91. The summed E-state index contributed by atoms with van der Waals surface area (Å²) in [4.78, 5) is 5.15. The van der Waals surface area contributed by atoms with Gasteiger partial charge in [-0.15, -0.1) is 0 Å². The lowest BCUT2D eigenvalue weighted by Crippen LogP contribution is -2.18. The van der Waals surface area contributed by atoms with Crippen LogP contribution in [0.3, 0.4) is 0 Å². The van der Waals surface area contributed by atoms with Gasteiger partial charge in [0, 0.05) is 23.6 Å². The molecule has 2 aliphatic carbocycles. The van der Waals surface area contributed by atoms with Crippen LogP contribution in [-0.2, 0) is 5.41 Å². The molecule has 194 valence electrons. The summed E-state index contributed by atoms with van der Waals surface area (Å²) >= 11 is 0. The van der Waals surface area contributed by atoms with Gasteiger partial charge in [0.15, 0.2) is 0 Å². The predicted molar refractivity (Wildman–Crippen MR) is 162 cm³/mol. The van der Waals surface area contributed by atoms with Gasteiger partial charge in [0.2, 0.25) is 0 Å². The van der Waals surface area contributed by atoms with E-state index in [1.165, 1.54) is 66.5 Å². The smallest absolute Gasteiger partial charge is 0.0430 e. The largest absolute Gasteiger partial charge is 0.289 e. The molecule has 1 atom stereocenters. The Morgan fingerprint density at radius 1 is 0.865 bits per heavy atom.